The molecular formula is C17H11IN2. The average Bonchev–Trinajstić information content (AvgIpc) is 2.81. The highest BCUT2D eigenvalue weighted by Gasteiger charge is 2.09. The van der Waals surface area contributed by atoms with E-state index in [1.807, 2.05) is 18.5 Å². The first kappa shape index (κ1) is 11.9. The van der Waals surface area contributed by atoms with Crippen LogP contribution < -0.4 is 0 Å². The van der Waals surface area contributed by atoms with Crippen LogP contribution in [0.5, 0.6) is 0 Å². The largest absolute Gasteiger partial charge is 0.282 e. The Kier molecular flexibility index (Phi) is 2.73. The molecule has 0 N–H and O–H groups in total. The van der Waals surface area contributed by atoms with E-state index in [0.29, 0.717) is 0 Å². The number of fused-ring (bicyclic) bond motifs is 3. The van der Waals surface area contributed by atoms with Crippen LogP contribution in [0, 0.1) is 0 Å². The zero-order valence-electron chi connectivity index (χ0n) is 10.6. The minimum absolute atomic E-state index is 1.21. The normalized spacial score (nSPS) is 11.2. The summed E-state index contributed by atoms with van der Waals surface area (Å²) in [6, 6.07) is 19.2. The zero-order chi connectivity index (χ0) is 13.5. The quantitative estimate of drug-likeness (QED) is 0.429. The molecule has 0 aliphatic rings. The summed E-state index contributed by atoms with van der Waals surface area (Å²) in [6.07, 6.45) is 3.78. The Bertz CT molecular complexity index is 910. The van der Waals surface area contributed by atoms with Crippen LogP contribution in [0.1, 0.15) is 0 Å². The van der Waals surface area contributed by atoms with Gasteiger partial charge in [-0.25, -0.2) is 0 Å². The lowest BCUT2D eigenvalue weighted by molar-refractivity contribution is 1.36. The highest BCUT2D eigenvalue weighted by molar-refractivity contribution is 14.1. The molecule has 0 fully saturated rings. The molecule has 2 nitrogen and oxygen atoms in total. The van der Waals surface area contributed by atoms with Gasteiger partial charge in [0.05, 0.1) is 33.9 Å². The summed E-state index contributed by atoms with van der Waals surface area (Å²) >= 11 is 2.36. The molecule has 0 aliphatic heterocycles. The van der Waals surface area contributed by atoms with Crippen molar-refractivity contribution in [3.8, 4) is 11.1 Å². The summed E-state index contributed by atoms with van der Waals surface area (Å²) in [5.41, 5.74) is 4.93. The van der Waals surface area contributed by atoms with Crippen LogP contribution in [0.15, 0.2) is 67.0 Å². The topological polar surface area (TPSA) is 17.8 Å². The fraction of sp³-hybridized carbons (Fsp3) is 0. The molecule has 0 radical (unpaired) electrons. The maximum atomic E-state index is 4.24. The number of hydrogen-bond acceptors (Lipinski definition) is 1. The fourth-order valence-electron chi connectivity index (χ4n) is 2.63. The van der Waals surface area contributed by atoms with Crippen LogP contribution >= 0.6 is 22.9 Å². The average molecular weight is 370 g/mol. The fourth-order valence-corrected chi connectivity index (χ4v) is 3.45. The van der Waals surface area contributed by atoms with Crippen LogP contribution in [0.4, 0.5) is 0 Å². The van der Waals surface area contributed by atoms with Gasteiger partial charge < -0.3 is 0 Å². The Morgan fingerprint density at radius 2 is 1.65 bits per heavy atom. The van der Waals surface area contributed by atoms with E-state index in [0.717, 1.165) is 0 Å². The number of hydrogen-bond donors (Lipinski definition) is 0. The summed E-state index contributed by atoms with van der Waals surface area (Å²) in [5, 5.41) is 2.46. The lowest BCUT2D eigenvalue weighted by atomic mass is 10.0. The van der Waals surface area contributed by atoms with Crippen LogP contribution in [0.3, 0.4) is 0 Å². The van der Waals surface area contributed by atoms with Gasteiger partial charge in [-0.3, -0.25) is 7.76 Å². The molecule has 0 amide bonds. The predicted octanol–water partition coefficient (Wildman–Crippen LogP) is 5.05. The minimum Gasteiger partial charge on any atom is -0.282 e. The standard InChI is InChI=1S/C17H11IN2/c18-20-16-8-9-19-11-15(16)14-7-6-13(10-17(14)20)12-4-2-1-3-5-12/h1-11H. The van der Waals surface area contributed by atoms with Gasteiger partial charge in [0, 0.05) is 23.2 Å². The van der Waals surface area contributed by atoms with Gasteiger partial charge in [0.25, 0.3) is 0 Å². The number of halogens is 1. The van der Waals surface area contributed by atoms with E-state index >= 15 is 0 Å². The highest BCUT2D eigenvalue weighted by atomic mass is 127. The molecule has 0 saturated carbocycles. The number of rotatable bonds is 1. The van der Waals surface area contributed by atoms with Gasteiger partial charge in [-0.1, -0.05) is 42.5 Å². The third-order valence-electron chi connectivity index (χ3n) is 3.62. The molecule has 0 spiro atoms. The van der Waals surface area contributed by atoms with E-state index in [2.05, 4.69) is 79.2 Å². The summed E-state index contributed by atoms with van der Waals surface area (Å²) in [6.45, 7) is 0. The Balaban J connectivity index is 2.05. The molecule has 20 heavy (non-hydrogen) atoms. The van der Waals surface area contributed by atoms with Crippen molar-refractivity contribution in [2.75, 3.05) is 0 Å². The first-order chi connectivity index (χ1) is 9.84. The number of nitrogens with zero attached hydrogens (tertiary/aromatic N) is 2. The predicted molar refractivity (Wildman–Crippen MR) is 92.1 cm³/mol. The number of pyridine rings is 1. The van der Waals surface area contributed by atoms with E-state index in [9.17, 15) is 0 Å². The maximum absolute atomic E-state index is 4.24. The van der Waals surface area contributed by atoms with E-state index in [1.165, 1.54) is 32.9 Å². The molecule has 2 aromatic carbocycles. The SMILES string of the molecule is In1c2ccncc2c2ccc(-c3ccccc3)cc21. The van der Waals surface area contributed by atoms with Crippen molar-refractivity contribution in [1.29, 1.82) is 0 Å². The molecule has 0 bridgehead atoms. The van der Waals surface area contributed by atoms with Crippen molar-refractivity contribution in [3.05, 3.63) is 67.0 Å². The first-order valence-corrected chi connectivity index (χ1v) is 7.41. The summed E-state index contributed by atoms with van der Waals surface area (Å²) < 4.78 is 2.20. The van der Waals surface area contributed by atoms with Crippen LogP contribution in [0.2, 0.25) is 0 Å². The molecule has 3 heteroatoms. The molecule has 0 aliphatic carbocycles. The summed E-state index contributed by atoms with van der Waals surface area (Å²) in [7, 11) is 0. The number of aromatic nitrogens is 2. The van der Waals surface area contributed by atoms with Crippen molar-refractivity contribution in [3.63, 3.8) is 0 Å². The molecule has 0 unspecified atom stereocenters. The lowest BCUT2D eigenvalue weighted by Gasteiger charge is -2.02. The van der Waals surface area contributed by atoms with Gasteiger partial charge in [0.1, 0.15) is 0 Å². The molecule has 0 saturated heterocycles. The van der Waals surface area contributed by atoms with Gasteiger partial charge in [-0.15, -0.1) is 0 Å². The van der Waals surface area contributed by atoms with Crippen molar-refractivity contribution in [2.45, 2.75) is 0 Å². The highest BCUT2D eigenvalue weighted by Crippen LogP contribution is 2.33. The third-order valence-corrected chi connectivity index (χ3v) is 4.66. The van der Waals surface area contributed by atoms with Crippen LogP contribution in [-0.2, 0) is 0 Å². The van der Waals surface area contributed by atoms with Crippen molar-refractivity contribution >= 4 is 44.7 Å². The molecule has 0 atom stereocenters. The Labute approximate surface area is 130 Å². The van der Waals surface area contributed by atoms with Gasteiger partial charge in [0.2, 0.25) is 0 Å². The van der Waals surface area contributed by atoms with E-state index < -0.39 is 0 Å². The molecule has 4 rings (SSSR count). The van der Waals surface area contributed by atoms with Crippen molar-refractivity contribution in [1.82, 2.24) is 7.76 Å². The Hall–Kier alpha value is -1.88. The van der Waals surface area contributed by atoms with E-state index in [-0.39, 0.29) is 0 Å². The molecule has 2 heterocycles. The second-order valence-electron chi connectivity index (χ2n) is 4.77. The van der Waals surface area contributed by atoms with Gasteiger partial charge in [0.15, 0.2) is 0 Å². The third kappa shape index (κ3) is 1.73. The maximum Gasteiger partial charge on any atom is 0.0646 e. The monoisotopic (exact) mass is 370 g/mol. The smallest absolute Gasteiger partial charge is 0.0646 e. The summed E-state index contributed by atoms with van der Waals surface area (Å²) in [4.78, 5) is 4.24. The summed E-state index contributed by atoms with van der Waals surface area (Å²) in [5.74, 6) is 0. The van der Waals surface area contributed by atoms with Crippen molar-refractivity contribution < 1.29 is 0 Å². The van der Waals surface area contributed by atoms with Gasteiger partial charge in [-0.05, 0) is 23.3 Å². The van der Waals surface area contributed by atoms with Gasteiger partial charge in [-0.2, -0.15) is 0 Å². The lowest BCUT2D eigenvalue weighted by Crippen LogP contribution is -1.80. The van der Waals surface area contributed by atoms with E-state index in [4.69, 9.17) is 0 Å². The minimum atomic E-state index is 1.21. The first-order valence-electron chi connectivity index (χ1n) is 6.44. The number of benzene rings is 2. The second-order valence-corrected chi connectivity index (χ2v) is 5.74. The van der Waals surface area contributed by atoms with Crippen molar-refractivity contribution in [2.24, 2.45) is 0 Å². The molecule has 2 aromatic heterocycles. The zero-order valence-corrected chi connectivity index (χ0v) is 12.8. The van der Waals surface area contributed by atoms with Crippen LogP contribution in [0.25, 0.3) is 32.9 Å². The molecule has 4 aromatic rings. The molecular weight excluding hydrogens is 359 g/mol. The van der Waals surface area contributed by atoms with Gasteiger partial charge >= 0.3 is 0 Å². The second kappa shape index (κ2) is 4.59. The van der Waals surface area contributed by atoms with E-state index in [1.54, 1.807) is 0 Å². The Morgan fingerprint density at radius 1 is 0.800 bits per heavy atom. The molecule has 96 valence electrons. The Morgan fingerprint density at radius 3 is 2.50 bits per heavy atom. The van der Waals surface area contributed by atoms with Crippen LogP contribution in [-0.4, -0.2) is 7.76 Å².